The van der Waals surface area contributed by atoms with Gasteiger partial charge < -0.3 is 4.57 Å². The lowest BCUT2D eigenvalue weighted by Gasteiger charge is -2.21. The molecule has 2 aromatic heterocycles. The molecule has 2 heteroatoms. The van der Waals surface area contributed by atoms with Crippen LogP contribution < -0.4 is 0 Å². The predicted molar refractivity (Wildman–Crippen MR) is 270 cm³/mol. The lowest BCUT2D eigenvalue weighted by atomic mass is 9.82. The van der Waals surface area contributed by atoms with Crippen molar-refractivity contribution < 1.29 is 0 Å². The first-order valence-corrected chi connectivity index (χ1v) is 22.3. The van der Waals surface area contributed by atoms with E-state index in [-0.39, 0.29) is 5.41 Å². The maximum Gasteiger partial charge on any atom is 0.0730 e. The minimum atomic E-state index is -0.0228. The van der Waals surface area contributed by atoms with Gasteiger partial charge in [-0.15, -0.1) is 0 Å². The molecule has 0 radical (unpaired) electrons. The highest BCUT2D eigenvalue weighted by atomic mass is 15.0. The van der Waals surface area contributed by atoms with Gasteiger partial charge in [0.05, 0.1) is 28.1 Å². The molecular formula is C62H42N2. The van der Waals surface area contributed by atoms with E-state index in [1.165, 1.54) is 93.1 Å². The summed E-state index contributed by atoms with van der Waals surface area (Å²) in [6.07, 6.45) is 0. The molecule has 0 N–H and O–H groups in total. The van der Waals surface area contributed by atoms with Crippen molar-refractivity contribution in [1.82, 2.24) is 9.55 Å². The molecule has 13 rings (SSSR count). The van der Waals surface area contributed by atoms with E-state index in [9.17, 15) is 0 Å². The van der Waals surface area contributed by atoms with Crippen molar-refractivity contribution in [2.45, 2.75) is 19.3 Å². The number of aromatic nitrogens is 2. The summed E-state index contributed by atoms with van der Waals surface area (Å²) in [7, 11) is 0. The fourth-order valence-electron chi connectivity index (χ4n) is 10.8. The molecule has 0 spiro atoms. The Morgan fingerprint density at radius 2 is 0.797 bits per heavy atom. The van der Waals surface area contributed by atoms with Gasteiger partial charge in [-0.3, -0.25) is 0 Å². The summed E-state index contributed by atoms with van der Waals surface area (Å²) >= 11 is 0. The van der Waals surface area contributed by atoms with E-state index < -0.39 is 0 Å². The largest absolute Gasteiger partial charge is 0.309 e. The van der Waals surface area contributed by atoms with Crippen molar-refractivity contribution >= 4 is 54.1 Å². The number of hydrogen-bond acceptors (Lipinski definition) is 1. The fourth-order valence-corrected chi connectivity index (χ4v) is 10.8. The molecule has 64 heavy (non-hydrogen) atoms. The van der Waals surface area contributed by atoms with Crippen LogP contribution in [0, 0.1) is 0 Å². The van der Waals surface area contributed by atoms with Crippen molar-refractivity contribution in [1.29, 1.82) is 0 Å². The zero-order chi connectivity index (χ0) is 42.5. The number of nitrogens with zero attached hydrogens (tertiary/aromatic N) is 2. The van der Waals surface area contributed by atoms with Gasteiger partial charge in [0.15, 0.2) is 0 Å². The van der Waals surface area contributed by atoms with Gasteiger partial charge in [0.1, 0.15) is 0 Å². The maximum absolute atomic E-state index is 5.27. The zero-order valence-electron chi connectivity index (χ0n) is 35.7. The summed E-state index contributed by atoms with van der Waals surface area (Å²) in [5.74, 6) is 0. The average molecular weight is 815 g/mol. The fraction of sp³-hybridized carbons (Fsp3) is 0.0484. The minimum Gasteiger partial charge on any atom is -0.309 e. The van der Waals surface area contributed by atoms with Crippen molar-refractivity contribution in [3.05, 3.63) is 230 Å². The first kappa shape index (κ1) is 36.6. The van der Waals surface area contributed by atoms with Crippen LogP contribution >= 0.6 is 0 Å². The highest BCUT2D eigenvalue weighted by molar-refractivity contribution is 6.29. The Bertz CT molecular complexity index is 3780. The third-order valence-electron chi connectivity index (χ3n) is 14.0. The molecule has 2 heterocycles. The molecule has 0 amide bonds. The summed E-state index contributed by atoms with van der Waals surface area (Å²) in [6.45, 7) is 4.70. The second-order valence-electron chi connectivity index (χ2n) is 17.9. The van der Waals surface area contributed by atoms with Crippen LogP contribution in [0.15, 0.2) is 218 Å². The molecule has 10 aromatic carbocycles. The second-order valence-corrected chi connectivity index (χ2v) is 17.9. The van der Waals surface area contributed by atoms with Crippen molar-refractivity contribution in [2.75, 3.05) is 0 Å². The van der Waals surface area contributed by atoms with Crippen molar-refractivity contribution in [2.24, 2.45) is 0 Å². The van der Waals surface area contributed by atoms with E-state index in [1.807, 2.05) is 0 Å². The summed E-state index contributed by atoms with van der Waals surface area (Å²) in [5.41, 5.74) is 17.8. The normalized spacial score (nSPS) is 13.0. The molecule has 0 atom stereocenters. The van der Waals surface area contributed by atoms with E-state index in [0.29, 0.717) is 0 Å². The molecule has 0 fully saturated rings. The summed E-state index contributed by atoms with van der Waals surface area (Å²) < 4.78 is 2.47. The third-order valence-corrected chi connectivity index (χ3v) is 14.0. The van der Waals surface area contributed by atoms with E-state index >= 15 is 0 Å². The molecule has 0 unspecified atom stereocenters. The van der Waals surface area contributed by atoms with Crippen molar-refractivity contribution in [3.63, 3.8) is 0 Å². The predicted octanol–water partition coefficient (Wildman–Crippen LogP) is 16.6. The van der Waals surface area contributed by atoms with Gasteiger partial charge >= 0.3 is 0 Å². The molecule has 0 saturated heterocycles. The number of rotatable bonds is 5. The highest BCUT2D eigenvalue weighted by Crippen LogP contribution is 2.50. The molecule has 0 saturated carbocycles. The monoisotopic (exact) mass is 814 g/mol. The molecular weight excluding hydrogens is 773 g/mol. The van der Waals surface area contributed by atoms with Gasteiger partial charge in [-0.05, 0) is 125 Å². The Labute approximate surface area is 372 Å². The zero-order valence-corrected chi connectivity index (χ0v) is 35.7. The van der Waals surface area contributed by atoms with Crippen LogP contribution in [0.25, 0.3) is 116 Å². The average Bonchev–Trinajstić information content (AvgIpc) is 3.80. The van der Waals surface area contributed by atoms with E-state index in [1.54, 1.807) is 0 Å². The van der Waals surface area contributed by atoms with Crippen molar-refractivity contribution in [3.8, 4) is 61.6 Å². The summed E-state index contributed by atoms with van der Waals surface area (Å²) in [6, 6.07) is 80.4. The quantitative estimate of drug-likeness (QED) is 0.158. The first-order valence-electron chi connectivity index (χ1n) is 22.3. The molecule has 0 bridgehead atoms. The van der Waals surface area contributed by atoms with E-state index in [0.717, 1.165) is 33.7 Å². The smallest absolute Gasteiger partial charge is 0.0730 e. The van der Waals surface area contributed by atoms with Gasteiger partial charge in [-0.25, -0.2) is 4.98 Å². The Hall–Kier alpha value is -8.07. The van der Waals surface area contributed by atoms with Gasteiger partial charge in [0, 0.05) is 27.3 Å². The van der Waals surface area contributed by atoms with Crippen LogP contribution in [0.1, 0.15) is 25.0 Å². The second kappa shape index (κ2) is 14.0. The van der Waals surface area contributed by atoms with Crippen LogP contribution in [0.4, 0.5) is 0 Å². The maximum atomic E-state index is 5.27. The lowest BCUT2D eigenvalue weighted by molar-refractivity contribution is 0.660. The highest BCUT2D eigenvalue weighted by Gasteiger charge is 2.35. The van der Waals surface area contributed by atoms with Gasteiger partial charge in [-0.1, -0.05) is 184 Å². The van der Waals surface area contributed by atoms with Crippen LogP contribution in [-0.4, -0.2) is 9.55 Å². The SMILES string of the molecule is CC1(C)c2ccccc2-c2cc(-c3ccc4c(c3)c3ccccc3c3cc5c(cc43)c3cc(-c4ccccc4)ccc3n5-c3cc(-c4ccccc4)nc(-c4ccccc4)c3)ccc21. The van der Waals surface area contributed by atoms with E-state index in [2.05, 4.69) is 237 Å². The number of fused-ring (bicyclic) bond motifs is 12. The minimum absolute atomic E-state index is 0.0228. The molecule has 0 aliphatic heterocycles. The molecule has 300 valence electrons. The molecule has 1 aliphatic rings. The number of benzene rings is 10. The Balaban J connectivity index is 1.08. The van der Waals surface area contributed by atoms with Crippen LogP contribution in [0.2, 0.25) is 0 Å². The molecule has 2 nitrogen and oxygen atoms in total. The van der Waals surface area contributed by atoms with Gasteiger partial charge in [-0.2, -0.15) is 0 Å². The van der Waals surface area contributed by atoms with Crippen LogP contribution in [0.3, 0.4) is 0 Å². The summed E-state index contributed by atoms with van der Waals surface area (Å²) in [4.78, 5) is 5.27. The Morgan fingerprint density at radius 1 is 0.312 bits per heavy atom. The third kappa shape index (κ3) is 5.55. The first-order chi connectivity index (χ1) is 31.5. The lowest BCUT2D eigenvalue weighted by Crippen LogP contribution is -2.14. The van der Waals surface area contributed by atoms with Gasteiger partial charge in [0.2, 0.25) is 0 Å². The van der Waals surface area contributed by atoms with E-state index in [4.69, 9.17) is 4.98 Å². The number of pyridine rings is 1. The Kier molecular flexibility index (Phi) is 7.98. The summed E-state index contributed by atoms with van der Waals surface area (Å²) in [5, 5.41) is 9.98. The topological polar surface area (TPSA) is 17.8 Å². The number of hydrogen-bond donors (Lipinski definition) is 0. The Morgan fingerprint density at radius 3 is 1.50 bits per heavy atom. The van der Waals surface area contributed by atoms with Crippen LogP contribution in [0.5, 0.6) is 0 Å². The molecule has 12 aromatic rings. The standard InChI is InChI=1S/C62H42N2/c1-62(2)56-25-15-14-24-49(56)53-33-44(27-30-57(53)62)43-26-29-48-50(32-43)46-22-12-13-23-47(46)52-38-61-55(37-51(48)52)54-34-42(39-16-6-3-7-17-39)28-31-60(54)64(61)45-35-58(40-18-8-4-9-19-40)63-59(36-45)41-20-10-5-11-21-41/h3-38H,1-2H3. The van der Waals surface area contributed by atoms with Gasteiger partial charge in [0.25, 0.3) is 0 Å². The molecule has 1 aliphatic carbocycles. The van der Waals surface area contributed by atoms with Crippen LogP contribution in [-0.2, 0) is 5.41 Å².